The lowest BCUT2D eigenvalue weighted by atomic mass is 10.0. The Balaban J connectivity index is 3.26. The molecule has 0 aliphatic rings. The predicted molar refractivity (Wildman–Crippen MR) is 73.9 cm³/mol. The van der Waals surface area contributed by atoms with Gasteiger partial charge in [-0.1, -0.05) is 0 Å². The smallest absolute Gasteiger partial charge is 0.255 e. The summed E-state index contributed by atoms with van der Waals surface area (Å²) in [5, 5.41) is 12.0. The van der Waals surface area contributed by atoms with E-state index in [0.29, 0.717) is 16.8 Å². The SMILES string of the molecule is CNC(C)c1cc(F)c(C)cc1N(CCO)CC(F)F. The molecule has 0 spiro atoms. The minimum Gasteiger partial charge on any atom is -0.395 e. The summed E-state index contributed by atoms with van der Waals surface area (Å²) in [7, 11) is 1.72. The van der Waals surface area contributed by atoms with E-state index >= 15 is 0 Å². The highest BCUT2D eigenvalue weighted by Gasteiger charge is 2.19. The Labute approximate surface area is 117 Å². The highest BCUT2D eigenvalue weighted by Crippen LogP contribution is 2.29. The molecule has 1 unspecified atom stereocenters. The number of nitrogens with one attached hydrogen (secondary N) is 1. The van der Waals surface area contributed by atoms with Gasteiger partial charge in [0.1, 0.15) is 5.82 Å². The molecule has 20 heavy (non-hydrogen) atoms. The van der Waals surface area contributed by atoms with Crippen molar-refractivity contribution in [2.24, 2.45) is 0 Å². The maximum Gasteiger partial charge on any atom is 0.255 e. The number of hydrogen-bond donors (Lipinski definition) is 2. The third-order valence-corrected chi connectivity index (χ3v) is 3.28. The molecule has 0 aliphatic carbocycles. The molecule has 0 amide bonds. The van der Waals surface area contributed by atoms with Gasteiger partial charge in [-0.15, -0.1) is 0 Å². The van der Waals surface area contributed by atoms with Gasteiger partial charge < -0.3 is 15.3 Å². The van der Waals surface area contributed by atoms with Crippen LogP contribution in [0.1, 0.15) is 24.1 Å². The molecule has 1 aromatic carbocycles. The fraction of sp³-hybridized carbons (Fsp3) is 0.571. The van der Waals surface area contributed by atoms with E-state index in [0.717, 1.165) is 0 Å². The molecule has 2 N–H and O–H groups in total. The van der Waals surface area contributed by atoms with Crippen molar-refractivity contribution in [3.05, 3.63) is 29.1 Å². The van der Waals surface area contributed by atoms with Crippen molar-refractivity contribution in [1.82, 2.24) is 5.32 Å². The average Bonchev–Trinajstić information content (AvgIpc) is 2.39. The van der Waals surface area contributed by atoms with Gasteiger partial charge in [0.2, 0.25) is 0 Å². The van der Waals surface area contributed by atoms with Crippen molar-refractivity contribution in [2.45, 2.75) is 26.3 Å². The van der Waals surface area contributed by atoms with Crippen molar-refractivity contribution in [3.8, 4) is 0 Å². The van der Waals surface area contributed by atoms with Gasteiger partial charge in [-0.3, -0.25) is 0 Å². The molecule has 6 heteroatoms. The van der Waals surface area contributed by atoms with Crippen LogP contribution in [0, 0.1) is 12.7 Å². The van der Waals surface area contributed by atoms with Gasteiger partial charge in [-0.25, -0.2) is 13.2 Å². The van der Waals surface area contributed by atoms with Crippen LogP contribution in [0.15, 0.2) is 12.1 Å². The Morgan fingerprint density at radius 2 is 2.00 bits per heavy atom. The number of halogens is 3. The topological polar surface area (TPSA) is 35.5 Å². The first-order valence-corrected chi connectivity index (χ1v) is 6.52. The number of anilines is 1. The summed E-state index contributed by atoms with van der Waals surface area (Å²) < 4.78 is 39.1. The van der Waals surface area contributed by atoms with Gasteiger partial charge in [0.15, 0.2) is 0 Å². The minimum atomic E-state index is -2.52. The zero-order valence-electron chi connectivity index (χ0n) is 12.0. The number of benzene rings is 1. The van der Waals surface area contributed by atoms with Crippen molar-refractivity contribution in [3.63, 3.8) is 0 Å². The molecule has 1 atom stereocenters. The molecule has 1 aromatic rings. The molecule has 0 saturated heterocycles. The van der Waals surface area contributed by atoms with Gasteiger partial charge in [0, 0.05) is 18.3 Å². The Hall–Kier alpha value is -1.27. The van der Waals surface area contributed by atoms with E-state index in [2.05, 4.69) is 5.32 Å². The molecule has 114 valence electrons. The van der Waals surface area contributed by atoms with E-state index in [9.17, 15) is 13.2 Å². The quantitative estimate of drug-likeness (QED) is 0.810. The maximum atomic E-state index is 13.7. The Morgan fingerprint density at radius 1 is 1.35 bits per heavy atom. The first kappa shape index (κ1) is 16.8. The van der Waals surface area contributed by atoms with Crippen molar-refractivity contribution in [2.75, 3.05) is 31.6 Å². The summed E-state index contributed by atoms with van der Waals surface area (Å²) in [6.45, 7) is 2.77. The van der Waals surface area contributed by atoms with Crippen LogP contribution in [0.3, 0.4) is 0 Å². The largest absolute Gasteiger partial charge is 0.395 e. The second-order valence-corrected chi connectivity index (χ2v) is 4.73. The molecule has 0 saturated carbocycles. The van der Waals surface area contributed by atoms with Crippen LogP contribution in [-0.2, 0) is 0 Å². The highest BCUT2D eigenvalue weighted by atomic mass is 19.3. The van der Waals surface area contributed by atoms with Crippen LogP contribution in [0.2, 0.25) is 0 Å². The zero-order chi connectivity index (χ0) is 15.3. The number of rotatable bonds is 7. The number of aryl methyl sites for hydroxylation is 1. The van der Waals surface area contributed by atoms with E-state index in [-0.39, 0.29) is 25.0 Å². The normalized spacial score (nSPS) is 12.8. The van der Waals surface area contributed by atoms with Crippen LogP contribution < -0.4 is 10.2 Å². The molecule has 0 fully saturated rings. The van der Waals surface area contributed by atoms with Gasteiger partial charge >= 0.3 is 0 Å². The minimum absolute atomic E-state index is 0.0822. The predicted octanol–water partition coefficient (Wildman–Crippen LogP) is 2.48. The van der Waals surface area contributed by atoms with Crippen molar-refractivity contribution >= 4 is 5.69 Å². The van der Waals surface area contributed by atoms with E-state index < -0.39 is 13.0 Å². The lowest BCUT2D eigenvalue weighted by Crippen LogP contribution is -2.33. The summed E-state index contributed by atoms with van der Waals surface area (Å²) in [5.41, 5.74) is 1.52. The molecule has 0 radical (unpaired) electrons. The van der Waals surface area contributed by atoms with Gasteiger partial charge in [0.05, 0.1) is 13.2 Å². The number of hydrogen-bond acceptors (Lipinski definition) is 3. The summed E-state index contributed by atoms with van der Waals surface area (Å²) in [5.74, 6) is -0.369. The third kappa shape index (κ3) is 4.11. The molecule has 0 aromatic heterocycles. The molecular weight excluding hydrogens is 269 g/mol. The molecule has 0 bridgehead atoms. The third-order valence-electron chi connectivity index (χ3n) is 3.28. The highest BCUT2D eigenvalue weighted by molar-refractivity contribution is 5.57. The molecular formula is C14H21F3N2O. The Morgan fingerprint density at radius 3 is 2.50 bits per heavy atom. The van der Waals surface area contributed by atoms with Crippen molar-refractivity contribution in [1.29, 1.82) is 0 Å². The van der Waals surface area contributed by atoms with Gasteiger partial charge in [-0.05, 0) is 44.2 Å². The Bertz CT molecular complexity index is 441. The molecule has 0 heterocycles. The summed E-state index contributed by atoms with van der Waals surface area (Å²) >= 11 is 0. The monoisotopic (exact) mass is 290 g/mol. The fourth-order valence-electron chi connectivity index (χ4n) is 2.06. The van der Waals surface area contributed by atoms with E-state index in [1.807, 2.05) is 6.92 Å². The molecule has 0 aliphatic heterocycles. The second-order valence-electron chi connectivity index (χ2n) is 4.73. The number of nitrogens with zero attached hydrogens (tertiary/aromatic N) is 1. The van der Waals surface area contributed by atoms with Crippen LogP contribution in [-0.4, -0.2) is 38.3 Å². The fourth-order valence-corrected chi connectivity index (χ4v) is 2.06. The van der Waals surface area contributed by atoms with Gasteiger partial charge in [-0.2, -0.15) is 0 Å². The zero-order valence-corrected chi connectivity index (χ0v) is 12.0. The van der Waals surface area contributed by atoms with Crippen LogP contribution in [0.5, 0.6) is 0 Å². The molecule has 1 rings (SSSR count). The number of aliphatic hydroxyl groups excluding tert-OH is 1. The van der Waals surface area contributed by atoms with E-state index in [1.165, 1.54) is 11.0 Å². The van der Waals surface area contributed by atoms with Gasteiger partial charge in [0.25, 0.3) is 6.43 Å². The van der Waals surface area contributed by atoms with Crippen LogP contribution >= 0.6 is 0 Å². The summed E-state index contributed by atoms with van der Waals surface area (Å²) in [6, 6.07) is 2.73. The lowest BCUT2D eigenvalue weighted by Gasteiger charge is -2.28. The maximum absolute atomic E-state index is 13.7. The van der Waals surface area contributed by atoms with E-state index in [1.54, 1.807) is 20.0 Å². The first-order valence-electron chi connectivity index (χ1n) is 6.52. The number of alkyl halides is 2. The van der Waals surface area contributed by atoms with Crippen LogP contribution in [0.4, 0.5) is 18.9 Å². The Kier molecular flexibility index (Phi) is 6.29. The second kappa shape index (κ2) is 7.50. The molecule has 3 nitrogen and oxygen atoms in total. The van der Waals surface area contributed by atoms with Crippen molar-refractivity contribution < 1.29 is 18.3 Å². The summed E-state index contributed by atoms with van der Waals surface area (Å²) in [4.78, 5) is 1.39. The van der Waals surface area contributed by atoms with E-state index in [4.69, 9.17) is 5.11 Å². The summed E-state index contributed by atoms with van der Waals surface area (Å²) in [6.07, 6.45) is -2.52. The average molecular weight is 290 g/mol. The number of aliphatic hydroxyl groups is 1. The first-order chi connectivity index (χ1) is 9.40. The lowest BCUT2D eigenvalue weighted by molar-refractivity contribution is 0.152. The standard InChI is InChI=1S/C14H21F3N2O/c1-9-6-13(19(4-5-20)8-14(16)17)11(7-12(9)15)10(2)18-3/h6-7,10,14,18,20H,4-5,8H2,1-3H3. The van der Waals surface area contributed by atoms with Crippen LogP contribution in [0.25, 0.3) is 0 Å².